The molecule has 0 unspecified atom stereocenters. The number of pyridine rings is 1. The van der Waals surface area contributed by atoms with Crippen LogP contribution in [0.2, 0.25) is 0 Å². The van der Waals surface area contributed by atoms with Crippen LogP contribution in [0.5, 0.6) is 11.5 Å². The second-order valence-corrected chi connectivity index (χ2v) is 7.40. The fourth-order valence-corrected chi connectivity index (χ4v) is 3.97. The van der Waals surface area contributed by atoms with Crippen molar-refractivity contribution in [3.8, 4) is 22.8 Å². The molecule has 0 bridgehead atoms. The number of benzene rings is 1. The first-order valence-electron chi connectivity index (χ1n) is 10.1. The van der Waals surface area contributed by atoms with Gasteiger partial charge in [-0.05, 0) is 24.3 Å². The van der Waals surface area contributed by atoms with Crippen LogP contribution in [-0.4, -0.2) is 38.1 Å². The number of nitrogens with one attached hydrogen (secondary N) is 1. The molecule has 5 aromatic rings. The average Bonchev–Trinajstić information content (AvgIpc) is 3.44. The Labute approximate surface area is 184 Å². The summed E-state index contributed by atoms with van der Waals surface area (Å²) in [5.41, 5.74) is 11.2. The van der Waals surface area contributed by atoms with Crippen molar-refractivity contribution < 1.29 is 9.47 Å². The summed E-state index contributed by atoms with van der Waals surface area (Å²) in [7, 11) is 5.25. The summed E-state index contributed by atoms with van der Waals surface area (Å²) >= 11 is 0. The molecule has 32 heavy (non-hydrogen) atoms. The summed E-state index contributed by atoms with van der Waals surface area (Å²) in [4.78, 5) is 13.4. The van der Waals surface area contributed by atoms with Crippen LogP contribution in [0.4, 0.5) is 11.5 Å². The highest BCUT2D eigenvalue weighted by Gasteiger charge is 2.18. The van der Waals surface area contributed by atoms with E-state index in [9.17, 15) is 0 Å². The standard InChI is InChI=1S/C23H23N7O2/c1-29-12-16(18-7-6-17(24)22-25-8-9-30(18)22)20-21(27-13-28-23(20)29)26-11-14-4-5-15(31-2)10-19(14)32-3/h4-10,12-13H,11,24H2,1-3H3,(H,26,27,28). The van der Waals surface area contributed by atoms with Crippen molar-refractivity contribution in [1.82, 2.24) is 23.9 Å². The molecule has 162 valence electrons. The smallest absolute Gasteiger partial charge is 0.160 e. The molecule has 0 radical (unpaired) electrons. The van der Waals surface area contributed by atoms with E-state index in [4.69, 9.17) is 15.2 Å². The molecular formula is C23H23N7O2. The van der Waals surface area contributed by atoms with Gasteiger partial charge in [0.15, 0.2) is 5.65 Å². The minimum absolute atomic E-state index is 0.524. The van der Waals surface area contributed by atoms with E-state index in [1.165, 1.54) is 0 Å². The zero-order valence-electron chi connectivity index (χ0n) is 18.0. The number of fused-ring (bicyclic) bond motifs is 2. The zero-order valence-corrected chi connectivity index (χ0v) is 18.0. The number of aromatic nitrogens is 5. The first-order valence-corrected chi connectivity index (χ1v) is 10.1. The first kappa shape index (κ1) is 19.7. The average molecular weight is 429 g/mol. The molecule has 9 nitrogen and oxygen atoms in total. The quantitative estimate of drug-likeness (QED) is 0.426. The molecule has 0 amide bonds. The zero-order chi connectivity index (χ0) is 22.2. The Hall–Kier alpha value is -4.27. The molecule has 0 aliphatic carbocycles. The highest BCUT2D eigenvalue weighted by atomic mass is 16.5. The molecule has 3 N–H and O–H groups in total. The third-order valence-corrected chi connectivity index (χ3v) is 5.55. The van der Waals surface area contributed by atoms with E-state index in [-0.39, 0.29) is 0 Å². The van der Waals surface area contributed by atoms with E-state index in [1.807, 2.05) is 58.7 Å². The molecule has 0 saturated carbocycles. The van der Waals surface area contributed by atoms with Gasteiger partial charge in [-0.25, -0.2) is 15.0 Å². The van der Waals surface area contributed by atoms with Crippen molar-refractivity contribution in [3.63, 3.8) is 0 Å². The maximum atomic E-state index is 6.11. The summed E-state index contributed by atoms with van der Waals surface area (Å²) in [5, 5.41) is 4.38. The molecular weight excluding hydrogens is 406 g/mol. The summed E-state index contributed by atoms with van der Waals surface area (Å²) in [6.45, 7) is 0.524. The fourth-order valence-electron chi connectivity index (χ4n) is 3.97. The molecule has 0 spiro atoms. The predicted octanol–water partition coefficient (Wildman–Crippen LogP) is 3.49. The van der Waals surface area contributed by atoms with E-state index in [1.54, 1.807) is 26.7 Å². The SMILES string of the molecule is COc1ccc(CNc2ncnc3c2c(-c2ccc(N)c4nccn24)cn3C)c(OC)c1. The van der Waals surface area contributed by atoms with Gasteiger partial charge in [0.05, 0.1) is 31.0 Å². The number of nitrogens with zero attached hydrogens (tertiary/aromatic N) is 5. The van der Waals surface area contributed by atoms with Crippen molar-refractivity contribution in [1.29, 1.82) is 0 Å². The molecule has 5 rings (SSSR count). The molecule has 0 aliphatic heterocycles. The largest absolute Gasteiger partial charge is 0.497 e. The van der Waals surface area contributed by atoms with Gasteiger partial charge in [-0.2, -0.15) is 0 Å². The number of anilines is 2. The Bertz CT molecular complexity index is 1440. The lowest BCUT2D eigenvalue weighted by atomic mass is 10.1. The van der Waals surface area contributed by atoms with Crippen LogP contribution in [0.25, 0.3) is 27.9 Å². The molecule has 1 aromatic carbocycles. The Kier molecular flexibility index (Phi) is 4.78. The van der Waals surface area contributed by atoms with E-state index in [0.717, 1.165) is 45.2 Å². The number of methoxy groups -OCH3 is 2. The molecule has 0 saturated heterocycles. The van der Waals surface area contributed by atoms with Crippen molar-refractivity contribution >= 4 is 28.2 Å². The van der Waals surface area contributed by atoms with Gasteiger partial charge in [-0.15, -0.1) is 0 Å². The topological polar surface area (TPSA) is 105 Å². The van der Waals surface area contributed by atoms with Crippen molar-refractivity contribution in [2.45, 2.75) is 6.54 Å². The van der Waals surface area contributed by atoms with Crippen molar-refractivity contribution in [2.75, 3.05) is 25.3 Å². The number of rotatable bonds is 6. The Morgan fingerprint density at radius 1 is 1.03 bits per heavy atom. The van der Waals surface area contributed by atoms with Gasteiger partial charge in [0.1, 0.15) is 29.3 Å². The van der Waals surface area contributed by atoms with E-state index in [0.29, 0.717) is 17.9 Å². The molecule has 9 heteroatoms. The molecule has 4 aromatic heterocycles. The molecule has 0 atom stereocenters. The maximum Gasteiger partial charge on any atom is 0.160 e. The summed E-state index contributed by atoms with van der Waals surface area (Å²) in [5.74, 6) is 2.22. The lowest BCUT2D eigenvalue weighted by molar-refractivity contribution is 0.391. The van der Waals surface area contributed by atoms with E-state index in [2.05, 4.69) is 20.3 Å². The second kappa shape index (κ2) is 7.77. The van der Waals surface area contributed by atoms with Crippen molar-refractivity contribution in [3.05, 3.63) is 60.8 Å². The number of nitrogens with two attached hydrogens (primary N) is 1. The monoisotopic (exact) mass is 429 g/mol. The summed E-state index contributed by atoms with van der Waals surface area (Å²) < 4.78 is 14.8. The Morgan fingerprint density at radius 2 is 1.91 bits per heavy atom. The Balaban J connectivity index is 1.60. The summed E-state index contributed by atoms with van der Waals surface area (Å²) in [6.07, 6.45) is 7.25. The van der Waals surface area contributed by atoms with Crippen molar-refractivity contribution in [2.24, 2.45) is 7.05 Å². The number of nitrogen functional groups attached to an aromatic ring is 1. The van der Waals surface area contributed by atoms with Gasteiger partial charge in [0.25, 0.3) is 0 Å². The minimum Gasteiger partial charge on any atom is -0.497 e. The van der Waals surface area contributed by atoms with Crippen LogP contribution in [-0.2, 0) is 13.6 Å². The number of hydrogen-bond acceptors (Lipinski definition) is 7. The van der Waals surface area contributed by atoms with Gasteiger partial charge in [0.2, 0.25) is 0 Å². The molecule has 4 heterocycles. The van der Waals surface area contributed by atoms with Crippen LogP contribution in [0.3, 0.4) is 0 Å². The lowest BCUT2D eigenvalue weighted by Crippen LogP contribution is -2.05. The van der Waals surface area contributed by atoms with Gasteiger partial charge < -0.3 is 25.1 Å². The molecule has 0 aliphatic rings. The third kappa shape index (κ3) is 3.15. The third-order valence-electron chi connectivity index (χ3n) is 5.55. The minimum atomic E-state index is 0.524. The van der Waals surface area contributed by atoms with Crippen LogP contribution >= 0.6 is 0 Å². The highest BCUT2D eigenvalue weighted by molar-refractivity contribution is 6.01. The van der Waals surface area contributed by atoms with Gasteiger partial charge in [-0.1, -0.05) is 0 Å². The molecule has 0 fully saturated rings. The van der Waals surface area contributed by atoms with Gasteiger partial charge in [0, 0.05) is 49.4 Å². The predicted molar refractivity (Wildman–Crippen MR) is 124 cm³/mol. The summed E-state index contributed by atoms with van der Waals surface area (Å²) in [6, 6.07) is 9.61. The van der Waals surface area contributed by atoms with E-state index >= 15 is 0 Å². The number of hydrogen-bond donors (Lipinski definition) is 2. The number of ether oxygens (including phenoxy) is 2. The highest BCUT2D eigenvalue weighted by Crippen LogP contribution is 2.35. The fraction of sp³-hybridized carbons (Fsp3) is 0.174. The van der Waals surface area contributed by atoms with Crippen LogP contribution < -0.4 is 20.5 Å². The maximum absolute atomic E-state index is 6.11. The first-order chi connectivity index (χ1) is 15.6. The Morgan fingerprint density at radius 3 is 2.72 bits per heavy atom. The van der Waals surface area contributed by atoms with E-state index < -0.39 is 0 Å². The normalized spacial score (nSPS) is 11.2. The second-order valence-electron chi connectivity index (χ2n) is 7.40. The number of imidazole rings is 1. The van der Waals surface area contributed by atoms with Gasteiger partial charge >= 0.3 is 0 Å². The van der Waals surface area contributed by atoms with Crippen LogP contribution in [0, 0.1) is 0 Å². The number of aryl methyl sites for hydroxylation is 1. The van der Waals surface area contributed by atoms with Crippen LogP contribution in [0.1, 0.15) is 5.56 Å². The van der Waals surface area contributed by atoms with Crippen LogP contribution in [0.15, 0.2) is 55.2 Å². The van der Waals surface area contributed by atoms with Gasteiger partial charge in [-0.3, -0.25) is 4.40 Å². The lowest BCUT2D eigenvalue weighted by Gasteiger charge is -2.13.